The van der Waals surface area contributed by atoms with Gasteiger partial charge in [0, 0.05) is 11.6 Å². The van der Waals surface area contributed by atoms with E-state index in [0.29, 0.717) is 11.6 Å². The minimum absolute atomic E-state index is 0.0573. The number of hydrogen-bond acceptors (Lipinski definition) is 2. The van der Waals surface area contributed by atoms with Gasteiger partial charge in [-0.15, -0.1) is 0 Å². The molecule has 5 heteroatoms. The van der Waals surface area contributed by atoms with Crippen LogP contribution in [0, 0.1) is 0 Å². The molecule has 0 atom stereocenters. The molecule has 21 heavy (non-hydrogen) atoms. The van der Waals surface area contributed by atoms with E-state index < -0.39 is 0 Å². The first kappa shape index (κ1) is 13.6. The van der Waals surface area contributed by atoms with Crippen molar-refractivity contribution in [1.29, 1.82) is 0 Å². The standard InChI is InChI=1S/C16H14ClN3O/c17-13-5-3-4-12(8-13)9-18-16(21)10-20-11-19-14-6-1-2-7-15(14)20/h1-8,11H,9-10H2,(H,18,21). The van der Waals surface area contributed by atoms with Crippen LogP contribution in [0.25, 0.3) is 11.0 Å². The van der Waals surface area contributed by atoms with Crippen molar-refractivity contribution < 1.29 is 4.79 Å². The second-order valence-corrected chi connectivity index (χ2v) is 5.20. The van der Waals surface area contributed by atoms with Crippen molar-refractivity contribution in [2.45, 2.75) is 13.1 Å². The van der Waals surface area contributed by atoms with Crippen molar-refractivity contribution in [1.82, 2.24) is 14.9 Å². The Balaban J connectivity index is 1.64. The van der Waals surface area contributed by atoms with Gasteiger partial charge in [-0.25, -0.2) is 4.98 Å². The van der Waals surface area contributed by atoms with Gasteiger partial charge < -0.3 is 9.88 Å². The number of aromatic nitrogens is 2. The fourth-order valence-electron chi connectivity index (χ4n) is 2.19. The molecule has 1 amide bonds. The Morgan fingerprint density at radius 1 is 1.19 bits per heavy atom. The Morgan fingerprint density at radius 2 is 2.05 bits per heavy atom. The average molecular weight is 300 g/mol. The first-order chi connectivity index (χ1) is 10.2. The van der Waals surface area contributed by atoms with Crippen LogP contribution in [0.2, 0.25) is 5.02 Å². The third kappa shape index (κ3) is 3.23. The van der Waals surface area contributed by atoms with Gasteiger partial charge in [-0.2, -0.15) is 0 Å². The molecule has 1 aromatic heterocycles. The van der Waals surface area contributed by atoms with Crippen LogP contribution in [0.4, 0.5) is 0 Å². The lowest BCUT2D eigenvalue weighted by molar-refractivity contribution is -0.121. The van der Waals surface area contributed by atoms with Crippen LogP contribution < -0.4 is 5.32 Å². The molecule has 0 aliphatic heterocycles. The van der Waals surface area contributed by atoms with E-state index in [0.717, 1.165) is 16.6 Å². The highest BCUT2D eigenvalue weighted by Gasteiger charge is 2.06. The number of halogens is 1. The first-order valence-corrected chi connectivity index (χ1v) is 7.01. The third-order valence-corrected chi connectivity index (χ3v) is 3.46. The Morgan fingerprint density at radius 3 is 2.90 bits per heavy atom. The molecule has 2 aromatic carbocycles. The third-order valence-electron chi connectivity index (χ3n) is 3.22. The van der Waals surface area contributed by atoms with E-state index >= 15 is 0 Å². The number of carbonyl (C=O) groups is 1. The van der Waals surface area contributed by atoms with E-state index in [1.165, 1.54) is 0 Å². The second kappa shape index (κ2) is 5.97. The number of rotatable bonds is 4. The molecule has 4 nitrogen and oxygen atoms in total. The minimum Gasteiger partial charge on any atom is -0.350 e. The van der Waals surface area contributed by atoms with Crippen LogP contribution in [0.3, 0.4) is 0 Å². The summed E-state index contributed by atoms with van der Waals surface area (Å²) in [5, 5.41) is 3.55. The minimum atomic E-state index is -0.0573. The zero-order valence-electron chi connectivity index (χ0n) is 11.3. The predicted octanol–water partition coefficient (Wildman–Crippen LogP) is 3.01. The van der Waals surface area contributed by atoms with E-state index in [-0.39, 0.29) is 12.5 Å². The van der Waals surface area contributed by atoms with Crippen molar-refractivity contribution in [3.05, 3.63) is 65.4 Å². The molecule has 0 aliphatic carbocycles. The molecule has 0 unspecified atom stereocenters. The monoisotopic (exact) mass is 299 g/mol. The number of carbonyl (C=O) groups excluding carboxylic acids is 1. The maximum Gasteiger partial charge on any atom is 0.240 e. The van der Waals surface area contributed by atoms with Crippen LogP contribution in [0.5, 0.6) is 0 Å². The molecule has 3 rings (SSSR count). The van der Waals surface area contributed by atoms with Gasteiger partial charge >= 0.3 is 0 Å². The van der Waals surface area contributed by atoms with E-state index in [1.54, 1.807) is 6.33 Å². The van der Waals surface area contributed by atoms with Crippen LogP contribution >= 0.6 is 11.6 Å². The average Bonchev–Trinajstić information content (AvgIpc) is 2.89. The van der Waals surface area contributed by atoms with Gasteiger partial charge in [-0.05, 0) is 29.8 Å². The number of para-hydroxylation sites is 2. The largest absolute Gasteiger partial charge is 0.350 e. The molecule has 106 valence electrons. The smallest absolute Gasteiger partial charge is 0.240 e. The first-order valence-electron chi connectivity index (χ1n) is 6.63. The normalized spacial score (nSPS) is 10.7. The zero-order valence-corrected chi connectivity index (χ0v) is 12.0. The summed E-state index contributed by atoms with van der Waals surface area (Å²) in [6, 6.07) is 15.2. The van der Waals surface area contributed by atoms with Crippen molar-refractivity contribution >= 4 is 28.5 Å². The van der Waals surface area contributed by atoms with Gasteiger partial charge in [0.05, 0.1) is 17.4 Å². The molecule has 0 spiro atoms. The molecular formula is C16H14ClN3O. The van der Waals surface area contributed by atoms with Gasteiger partial charge in [0.25, 0.3) is 0 Å². The lowest BCUT2D eigenvalue weighted by Crippen LogP contribution is -2.26. The molecule has 0 saturated heterocycles. The lowest BCUT2D eigenvalue weighted by atomic mass is 10.2. The van der Waals surface area contributed by atoms with E-state index in [2.05, 4.69) is 10.3 Å². The molecule has 0 fully saturated rings. The molecule has 0 saturated carbocycles. The second-order valence-electron chi connectivity index (χ2n) is 4.77. The van der Waals surface area contributed by atoms with Crippen LogP contribution in [-0.2, 0) is 17.9 Å². The summed E-state index contributed by atoms with van der Waals surface area (Å²) in [7, 11) is 0. The van der Waals surface area contributed by atoms with E-state index in [4.69, 9.17) is 11.6 Å². The van der Waals surface area contributed by atoms with Gasteiger partial charge in [-0.1, -0.05) is 35.9 Å². The number of hydrogen-bond donors (Lipinski definition) is 1. The quantitative estimate of drug-likeness (QED) is 0.805. The SMILES string of the molecule is O=C(Cn1cnc2ccccc21)NCc1cccc(Cl)c1. The molecule has 0 radical (unpaired) electrons. The molecule has 0 bridgehead atoms. The van der Waals surface area contributed by atoms with E-state index in [9.17, 15) is 4.79 Å². The topological polar surface area (TPSA) is 46.9 Å². The van der Waals surface area contributed by atoms with Gasteiger partial charge in [-0.3, -0.25) is 4.79 Å². The fraction of sp³-hybridized carbons (Fsp3) is 0.125. The highest BCUT2D eigenvalue weighted by atomic mass is 35.5. The van der Waals surface area contributed by atoms with Gasteiger partial charge in [0.2, 0.25) is 5.91 Å². The molecule has 0 aliphatic rings. The van der Waals surface area contributed by atoms with Crippen molar-refractivity contribution in [2.24, 2.45) is 0 Å². The Hall–Kier alpha value is -2.33. The summed E-state index contributed by atoms with van der Waals surface area (Å²) in [5.74, 6) is -0.0573. The van der Waals surface area contributed by atoms with Crippen LogP contribution in [-0.4, -0.2) is 15.5 Å². The lowest BCUT2D eigenvalue weighted by Gasteiger charge is -2.07. The summed E-state index contributed by atoms with van der Waals surface area (Å²) < 4.78 is 1.84. The van der Waals surface area contributed by atoms with Crippen LogP contribution in [0.1, 0.15) is 5.56 Å². The summed E-state index contributed by atoms with van der Waals surface area (Å²) in [5.41, 5.74) is 2.82. The number of benzene rings is 2. The summed E-state index contributed by atoms with van der Waals surface area (Å²) in [4.78, 5) is 16.3. The van der Waals surface area contributed by atoms with E-state index in [1.807, 2.05) is 53.1 Å². The predicted molar refractivity (Wildman–Crippen MR) is 83.0 cm³/mol. The molecule has 1 N–H and O–H groups in total. The highest BCUT2D eigenvalue weighted by Crippen LogP contribution is 2.12. The summed E-state index contributed by atoms with van der Waals surface area (Å²) in [6.45, 7) is 0.715. The van der Waals surface area contributed by atoms with Crippen molar-refractivity contribution in [2.75, 3.05) is 0 Å². The number of nitrogens with zero attached hydrogens (tertiary/aromatic N) is 2. The zero-order chi connectivity index (χ0) is 14.7. The van der Waals surface area contributed by atoms with Crippen LogP contribution in [0.15, 0.2) is 54.9 Å². The Kier molecular flexibility index (Phi) is 3.88. The summed E-state index contributed by atoms with van der Waals surface area (Å²) >= 11 is 5.92. The number of fused-ring (bicyclic) bond motifs is 1. The number of imidazole rings is 1. The molecular weight excluding hydrogens is 286 g/mol. The van der Waals surface area contributed by atoms with Gasteiger partial charge in [0.1, 0.15) is 6.54 Å². The molecule has 1 heterocycles. The van der Waals surface area contributed by atoms with Crippen molar-refractivity contribution in [3.63, 3.8) is 0 Å². The number of nitrogens with one attached hydrogen (secondary N) is 1. The summed E-state index contributed by atoms with van der Waals surface area (Å²) in [6.07, 6.45) is 1.68. The Labute approximate surface area is 127 Å². The van der Waals surface area contributed by atoms with Crippen molar-refractivity contribution in [3.8, 4) is 0 Å². The Bertz CT molecular complexity index is 782. The maximum absolute atomic E-state index is 12.0. The van der Waals surface area contributed by atoms with Gasteiger partial charge in [0.15, 0.2) is 0 Å². The highest BCUT2D eigenvalue weighted by molar-refractivity contribution is 6.30. The molecule has 3 aromatic rings. The number of amides is 1. The maximum atomic E-state index is 12.0. The fourth-order valence-corrected chi connectivity index (χ4v) is 2.41.